The van der Waals surface area contributed by atoms with Crippen molar-refractivity contribution in [1.82, 2.24) is 5.06 Å². The number of carbonyl (C=O) groups excluding carboxylic acids is 1. The van der Waals surface area contributed by atoms with Crippen LogP contribution in [0.5, 0.6) is 0 Å². The van der Waals surface area contributed by atoms with Crippen molar-refractivity contribution < 1.29 is 19.1 Å². The molecular formula is C16H20BNO4. The molecule has 2 bridgehead atoms. The minimum atomic E-state index is -0.617. The van der Waals surface area contributed by atoms with Crippen LogP contribution >= 0.6 is 0 Å². The van der Waals surface area contributed by atoms with E-state index in [9.17, 15) is 4.79 Å². The maximum absolute atomic E-state index is 12.2. The molecule has 0 saturated carbocycles. The highest BCUT2D eigenvalue weighted by molar-refractivity contribution is 6.12. The Hall–Kier alpha value is -1.37. The molecule has 1 unspecified atom stereocenters. The van der Waals surface area contributed by atoms with Crippen molar-refractivity contribution in [3.63, 3.8) is 0 Å². The average Bonchev–Trinajstić information content (AvgIpc) is 2.91. The Bertz CT molecular complexity index is 540. The maximum atomic E-state index is 12.2. The second kappa shape index (κ2) is 6.03. The van der Waals surface area contributed by atoms with Crippen LogP contribution in [0.25, 0.3) is 0 Å². The van der Waals surface area contributed by atoms with Gasteiger partial charge in [0.15, 0.2) is 0 Å². The number of esters is 1. The normalized spacial score (nSPS) is 34.0. The van der Waals surface area contributed by atoms with E-state index in [1.165, 1.54) is 0 Å². The standard InChI is InChI=1S/C16H20BNO4/c1-11-14-15(17)22-16(11,10-18(14)20-2)8-13(19)21-9-12-6-4-3-5-7-12/h3-7,11,14-15H,8-10H2,1-2H3/t11?,14-,15+,16-/m0/s1. The molecule has 22 heavy (non-hydrogen) atoms. The number of fused-ring (bicyclic) bond motifs is 2. The van der Waals surface area contributed by atoms with E-state index >= 15 is 0 Å². The summed E-state index contributed by atoms with van der Waals surface area (Å²) in [7, 11) is 7.62. The van der Waals surface area contributed by atoms with Gasteiger partial charge in [-0.25, -0.2) is 0 Å². The highest BCUT2D eigenvalue weighted by Gasteiger charge is 2.61. The van der Waals surface area contributed by atoms with E-state index in [2.05, 4.69) is 0 Å². The Kier molecular flexibility index (Phi) is 4.25. The van der Waals surface area contributed by atoms with Crippen molar-refractivity contribution in [2.24, 2.45) is 5.92 Å². The molecule has 0 aliphatic carbocycles. The molecule has 0 aromatic heterocycles. The molecule has 2 aliphatic heterocycles. The van der Waals surface area contributed by atoms with Crippen molar-refractivity contribution >= 4 is 13.8 Å². The summed E-state index contributed by atoms with van der Waals surface area (Å²) < 4.78 is 11.2. The van der Waals surface area contributed by atoms with Crippen LogP contribution in [0.4, 0.5) is 0 Å². The highest BCUT2D eigenvalue weighted by atomic mass is 16.7. The molecule has 116 valence electrons. The van der Waals surface area contributed by atoms with Gasteiger partial charge in [0.2, 0.25) is 0 Å². The first-order chi connectivity index (χ1) is 10.6. The van der Waals surface area contributed by atoms with Crippen LogP contribution < -0.4 is 0 Å². The van der Waals surface area contributed by atoms with Gasteiger partial charge in [-0.1, -0.05) is 37.3 Å². The van der Waals surface area contributed by atoms with Gasteiger partial charge < -0.3 is 14.3 Å². The topological polar surface area (TPSA) is 48.0 Å². The fourth-order valence-electron chi connectivity index (χ4n) is 3.49. The van der Waals surface area contributed by atoms with Crippen LogP contribution in [0.1, 0.15) is 18.9 Å². The van der Waals surface area contributed by atoms with Crippen molar-refractivity contribution in [2.75, 3.05) is 13.7 Å². The predicted octanol–water partition coefficient (Wildman–Crippen LogP) is 1.27. The summed E-state index contributed by atoms with van der Waals surface area (Å²) in [5, 5.41) is 1.81. The largest absolute Gasteiger partial charge is 0.461 e. The number of morpholine rings is 1. The van der Waals surface area contributed by atoms with Gasteiger partial charge in [-0.15, -0.1) is 0 Å². The Morgan fingerprint density at radius 1 is 1.45 bits per heavy atom. The molecule has 2 saturated heterocycles. The number of hydrogen-bond donors (Lipinski definition) is 0. The number of nitrogens with zero attached hydrogens (tertiary/aromatic N) is 1. The molecule has 1 aromatic rings. The number of rotatable bonds is 5. The van der Waals surface area contributed by atoms with E-state index in [0.717, 1.165) is 5.56 Å². The highest BCUT2D eigenvalue weighted by Crippen LogP contribution is 2.47. The summed E-state index contributed by atoms with van der Waals surface area (Å²) in [5.74, 6) is -0.159. The third-order valence-electron chi connectivity index (χ3n) is 4.73. The van der Waals surface area contributed by atoms with Crippen LogP contribution in [-0.2, 0) is 25.7 Å². The first-order valence-corrected chi connectivity index (χ1v) is 7.49. The third kappa shape index (κ3) is 2.66. The maximum Gasteiger partial charge on any atom is 0.309 e. The zero-order valence-electron chi connectivity index (χ0n) is 12.9. The molecular weight excluding hydrogens is 281 g/mol. The molecule has 3 rings (SSSR count). The third-order valence-corrected chi connectivity index (χ3v) is 4.73. The zero-order chi connectivity index (χ0) is 15.7. The van der Waals surface area contributed by atoms with Gasteiger partial charge in [-0.2, -0.15) is 5.06 Å². The second-order valence-corrected chi connectivity index (χ2v) is 6.01. The van der Waals surface area contributed by atoms with Crippen LogP contribution in [0.15, 0.2) is 30.3 Å². The summed E-state index contributed by atoms with van der Waals surface area (Å²) in [6, 6.07) is 9.15. The lowest BCUT2D eigenvalue weighted by Gasteiger charge is -2.34. The van der Waals surface area contributed by atoms with Crippen LogP contribution in [0.3, 0.4) is 0 Å². The summed E-state index contributed by atoms with van der Waals surface area (Å²) in [4.78, 5) is 17.5. The Morgan fingerprint density at radius 2 is 2.18 bits per heavy atom. The van der Waals surface area contributed by atoms with Gasteiger partial charge in [-0.3, -0.25) is 4.79 Å². The van der Waals surface area contributed by atoms with E-state index in [4.69, 9.17) is 22.2 Å². The molecule has 1 aromatic carbocycles. The Morgan fingerprint density at radius 3 is 2.82 bits per heavy atom. The van der Waals surface area contributed by atoms with Crippen LogP contribution in [0.2, 0.25) is 0 Å². The van der Waals surface area contributed by atoms with Gasteiger partial charge in [0.25, 0.3) is 0 Å². The molecule has 2 heterocycles. The number of benzene rings is 1. The molecule has 2 fully saturated rings. The lowest BCUT2D eigenvalue weighted by molar-refractivity contribution is -0.206. The molecule has 6 heteroatoms. The van der Waals surface area contributed by atoms with E-state index < -0.39 is 11.6 Å². The van der Waals surface area contributed by atoms with E-state index in [0.29, 0.717) is 6.54 Å². The van der Waals surface area contributed by atoms with E-state index in [1.807, 2.05) is 42.3 Å². The van der Waals surface area contributed by atoms with Crippen molar-refractivity contribution in [3.05, 3.63) is 35.9 Å². The van der Waals surface area contributed by atoms with Gasteiger partial charge in [0.05, 0.1) is 31.7 Å². The quantitative estimate of drug-likeness (QED) is 0.605. The molecule has 4 atom stereocenters. The first-order valence-electron chi connectivity index (χ1n) is 7.49. The predicted molar refractivity (Wildman–Crippen MR) is 80.9 cm³/mol. The fraction of sp³-hybridized carbons (Fsp3) is 0.562. The van der Waals surface area contributed by atoms with E-state index in [-0.39, 0.29) is 31.0 Å². The summed E-state index contributed by atoms with van der Waals surface area (Å²) in [5.41, 5.74) is 0.349. The van der Waals surface area contributed by atoms with Gasteiger partial charge in [0.1, 0.15) is 14.5 Å². The average molecular weight is 301 g/mol. The van der Waals surface area contributed by atoms with Crippen molar-refractivity contribution in [1.29, 1.82) is 0 Å². The minimum Gasteiger partial charge on any atom is -0.461 e. The number of carbonyl (C=O) groups is 1. The smallest absolute Gasteiger partial charge is 0.309 e. The Labute approximate surface area is 131 Å². The monoisotopic (exact) mass is 301 g/mol. The van der Waals surface area contributed by atoms with E-state index in [1.54, 1.807) is 7.11 Å². The van der Waals surface area contributed by atoms with Gasteiger partial charge >= 0.3 is 5.97 Å². The zero-order valence-corrected chi connectivity index (χ0v) is 12.9. The van der Waals surface area contributed by atoms with Gasteiger partial charge in [0, 0.05) is 11.9 Å². The fourth-order valence-corrected chi connectivity index (χ4v) is 3.49. The van der Waals surface area contributed by atoms with Gasteiger partial charge in [-0.05, 0) is 5.56 Å². The number of hydroxylamine groups is 2. The molecule has 2 aliphatic rings. The van der Waals surface area contributed by atoms with Crippen LogP contribution in [-0.4, -0.2) is 50.2 Å². The molecule has 0 spiro atoms. The van der Waals surface area contributed by atoms with Crippen molar-refractivity contribution in [2.45, 2.75) is 37.6 Å². The molecule has 0 N–H and O–H groups in total. The second-order valence-electron chi connectivity index (χ2n) is 6.01. The SMILES string of the molecule is [B][C@@H]1O[C@@]2(CC(=O)OCc3ccccc3)CN(OC)[C@H]1C2C. The number of ether oxygens (including phenoxy) is 2. The lowest BCUT2D eigenvalue weighted by atomic mass is 9.84. The minimum absolute atomic E-state index is 0.0214. The molecule has 0 amide bonds. The van der Waals surface area contributed by atoms with Crippen molar-refractivity contribution in [3.8, 4) is 0 Å². The molecule has 2 radical (unpaired) electrons. The lowest BCUT2D eigenvalue weighted by Crippen LogP contribution is -2.48. The summed E-state index contributed by atoms with van der Waals surface area (Å²) in [6.07, 6.45) is 0.186. The number of hydrogen-bond acceptors (Lipinski definition) is 5. The summed E-state index contributed by atoms with van der Waals surface area (Å²) >= 11 is 0. The Balaban J connectivity index is 1.61. The molecule has 5 nitrogen and oxygen atoms in total. The summed E-state index contributed by atoms with van der Waals surface area (Å²) in [6.45, 7) is 2.85. The van der Waals surface area contributed by atoms with Crippen LogP contribution in [0, 0.1) is 5.92 Å². The first kappa shape index (κ1) is 15.5.